The Hall–Kier alpha value is -6.35. The Kier molecular flexibility index (Phi) is 20.5. The molecule has 0 saturated heterocycles. The summed E-state index contributed by atoms with van der Waals surface area (Å²) in [5, 5.41) is 1.91. The van der Waals surface area contributed by atoms with Gasteiger partial charge in [0.2, 0.25) is 12.9 Å². The van der Waals surface area contributed by atoms with E-state index in [1.165, 1.54) is 0 Å². The lowest BCUT2D eigenvalue weighted by Crippen LogP contribution is -2.54. The third kappa shape index (κ3) is 16.9. The van der Waals surface area contributed by atoms with E-state index in [0.717, 1.165) is 26.9 Å². The van der Waals surface area contributed by atoms with Crippen LogP contribution in [0.3, 0.4) is 0 Å². The maximum atomic E-state index is 13.3. The van der Waals surface area contributed by atoms with Gasteiger partial charge in [0, 0.05) is 12.0 Å². The molecule has 2 aliphatic rings. The normalized spacial score (nSPS) is 19.6. The van der Waals surface area contributed by atoms with Crippen LogP contribution in [-0.4, -0.2) is 104 Å². The predicted molar refractivity (Wildman–Crippen MR) is 218 cm³/mol. The number of carbonyl (C=O) groups is 7. The number of nitrogens with zero attached hydrogens (tertiary/aromatic N) is 1. The number of alkyl halides is 6. The van der Waals surface area contributed by atoms with Crippen molar-refractivity contribution < 1.29 is 93.1 Å². The number of halogens is 6. The van der Waals surface area contributed by atoms with Crippen molar-refractivity contribution in [3.63, 3.8) is 0 Å². The minimum absolute atomic E-state index is 0.0312. The van der Waals surface area contributed by atoms with Gasteiger partial charge in [-0.3, -0.25) is 14.9 Å². The highest BCUT2D eigenvalue weighted by atomic mass is 19.3. The Morgan fingerprint density at radius 3 is 1.55 bits per heavy atom. The van der Waals surface area contributed by atoms with E-state index in [1.807, 2.05) is 5.32 Å². The molecule has 1 unspecified atom stereocenters. The number of methoxy groups -OCH3 is 3. The van der Waals surface area contributed by atoms with Crippen molar-refractivity contribution in [3.8, 4) is 0 Å². The van der Waals surface area contributed by atoms with Crippen molar-refractivity contribution in [1.82, 2.24) is 10.2 Å². The topological polar surface area (TPSA) is 199 Å². The van der Waals surface area contributed by atoms with Crippen LogP contribution in [0, 0.1) is 17.3 Å². The number of imide groups is 1. The van der Waals surface area contributed by atoms with Crippen LogP contribution < -0.4 is 5.32 Å². The van der Waals surface area contributed by atoms with Gasteiger partial charge in [-0.05, 0) is 65.5 Å². The van der Waals surface area contributed by atoms with E-state index in [4.69, 9.17) is 18.9 Å². The summed E-state index contributed by atoms with van der Waals surface area (Å²) in [6, 6.07) is 17.3. The second kappa shape index (κ2) is 24.3. The highest BCUT2D eigenvalue weighted by molar-refractivity contribution is 5.99. The van der Waals surface area contributed by atoms with Crippen LogP contribution in [0.15, 0.2) is 72.4 Å². The quantitative estimate of drug-likeness (QED) is 0.0823. The summed E-state index contributed by atoms with van der Waals surface area (Å²) in [4.78, 5) is 83.7. The fourth-order valence-corrected chi connectivity index (χ4v) is 6.10. The fourth-order valence-electron chi connectivity index (χ4n) is 6.10. The van der Waals surface area contributed by atoms with Crippen LogP contribution in [0.1, 0.15) is 71.9 Å². The molecule has 1 N–H and O–H groups in total. The lowest BCUT2D eigenvalue weighted by Gasteiger charge is -2.30. The summed E-state index contributed by atoms with van der Waals surface area (Å²) in [6.45, 7) is 9.39. The lowest BCUT2D eigenvalue weighted by molar-refractivity contribution is -0.163. The molecular weight excluding hydrogens is 894 g/mol. The fraction of sp³-hybridized carbons (Fsp3) is 0.523. The Labute approximate surface area is 377 Å². The molecule has 2 aromatic carbocycles. The third-order valence-electron chi connectivity index (χ3n) is 9.25. The van der Waals surface area contributed by atoms with Gasteiger partial charge in [0.25, 0.3) is 6.43 Å². The molecule has 0 heterocycles. The molecule has 2 fully saturated rings. The highest BCUT2D eigenvalue weighted by Gasteiger charge is 2.73. The van der Waals surface area contributed by atoms with Gasteiger partial charge in [-0.1, -0.05) is 60.7 Å². The summed E-state index contributed by atoms with van der Waals surface area (Å²) in [7, 11) is 3.13. The first-order valence-electron chi connectivity index (χ1n) is 19.9. The average molecular weight is 949 g/mol. The SMILES string of the molecule is COC(=O)/C(=C\C(F)F)NC(=O)OCc1ccccc1.COC(=O)[C@@]1(N(C(=O)OCc2ccccc2)C(=O)OC(C)(C)C)CC1C(F)F.COC(=O)[C@]1(CC(=O)OC(C)(C)C)C[C@H]1C(F)F. The van der Waals surface area contributed by atoms with Gasteiger partial charge in [0.05, 0.1) is 39.1 Å². The highest BCUT2D eigenvalue weighted by Crippen LogP contribution is 2.59. The molecule has 22 heteroatoms. The van der Waals surface area contributed by atoms with E-state index < -0.39 is 108 Å². The molecule has 2 aromatic rings. The maximum Gasteiger partial charge on any atom is 0.420 e. The van der Waals surface area contributed by atoms with E-state index in [9.17, 15) is 59.9 Å². The molecule has 0 aromatic heterocycles. The number of hydrogen-bond donors (Lipinski definition) is 1. The van der Waals surface area contributed by atoms with Gasteiger partial charge < -0.3 is 33.2 Å². The molecule has 0 bridgehead atoms. The maximum absolute atomic E-state index is 13.3. The summed E-state index contributed by atoms with van der Waals surface area (Å²) >= 11 is 0. The van der Waals surface area contributed by atoms with Crippen molar-refractivity contribution in [1.29, 1.82) is 0 Å². The van der Waals surface area contributed by atoms with Crippen LogP contribution in [0.25, 0.3) is 0 Å². The van der Waals surface area contributed by atoms with E-state index in [1.54, 1.807) is 102 Å². The number of nitrogens with one attached hydrogen (secondary N) is 1. The first kappa shape index (κ1) is 55.8. The second-order valence-corrected chi connectivity index (χ2v) is 16.6. The zero-order valence-corrected chi connectivity index (χ0v) is 37.7. The molecule has 3 amide bonds. The van der Waals surface area contributed by atoms with Crippen molar-refractivity contribution in [2.24, 2.45) is 17.3 Å². The van der Waals surface area contributed by atoms with Crippen molar-refractivity contribution in [2.45, 2.75) is 110 Å². The standard InChI is InChI=1S/C19H23F2NO6.C13H13F2NO4.C12H18F2O4/c1-18(2,3)28-17(25)22(16(24)27-11-12-8-6-5-7-9-12)19(15(23)26-4)10-13(19)14(20)21;1-19-12(17)10(7-11(14)15)16-13(18)20-8-9-5-3-2-4-6-9;1-11(2,3)18-8(15)6-12(10(16)17-4)5-7(12)9(13)14/h5-9,13-14H,10-11H2,1-4H3;2-7,11H,8H2,1H3,(H,16,18);7,9H,5-6H2,1-4H3/b;10-7+;/t13?,19-;;7-,12-/m1.0/s1. The van der Waals surface area contributed by atoms with Crippen molar-refractivity contribution >= 4 is 42.2 Å². The summed E-state index contributed by atoms with van der Waals surface area (Å²) in [5.41, 5.74) is -4.61. The molecule has 366 valence electrons. The first-order valence-corrected chi connectivity index (χ1v) is 19.9. The molecule has 66 heavy (non-hydrogen) atoms. The van der Waals surface area contributed by atoms with E-state index in [2.05, 4.69) is 14.2 Å². The smallest absolute Gasteiger partial charge is 0.420 e. The molecular formula is C44H54F6N2O14. The third-order valence-corrected chi connectivity index (χ3v) is 9.25. The van der Waals surface area contributed by atoms with E-state index in [-0.39, 0.29) is 32.1 Å². The summed E-state index contributed by atoms with van der Waals surface area (Å²) < 4.78 is 110. The number of benzene rings is 2. The monoisotopic (exact) mass is 948 g/mol. The number of ether oxygens (including phenoxy) is 7. The van der Waals surface area contributed by atoms with Gasteiger partial charge in [0.15, 0.2) is 5.54 Å². The zero-order valence-electron chi connectivity index (χ0n) is 37.7. The predicted octanol–water partition coefficient (Wildman–Crippen LogP) is 8.15. The van der Waals surface area contributed by atoms with E-state index >= 15 is 0 Å². The summed E-state index contributed by atoms with van der Waals surface area (Å²) in [6.07, 6.45) is -12.6. The van der Waals surface area contributed by atoms with Crippen molar-refractivity contribution in [2.75, 3.05) is 21.3 Å². The van der Waals surface area contributed by atoms with Crippen molar-refractivity contribution in [3.05, 3.63) is 83.6 Å². The zero-order chi connectivity index (χ0) is 50.2. The molecule has 16 nitrogen and oxygen atoms in total. The first-order chi connectivity index (χ1) is 30.7. The Bertz CT molecular complexity index is 2010. The number of esters is 4. The van der Waals surface area contributed by atoms with Crippen LogP contribution in [-0.2, 0) is 65.5 Å². The molecule has 4 atom stereocenters. The molecule has 0 aliphatic heterocycles. The molecule has 2 aliphatic carbocycles. The number of carbonyl (C=O) groups excluding carboxylic acids is 7. The minimum atomic E-state index is -2.94. The Morgan fingerprint density at radius 1 is 0.667 bits per heavy atom. The van der Waals surface area contributed by atoms with Gasteiger partial charge in [-0.2, -0.15) is 4.90 Å². The van der Waals surface area contributed by atoms with Crippen LogP contribution >= 0.6 is 0 Å². The van der Waals surface area contributed by atoms with Gasteiger partial charge >= 0.3 is 42.2 Å². The van der Waals surface area contributed by atoms with Crippen LogP contribution in [0.5, 0.6) is 0 Å². The minimum Gasteiger partial charge on any atom is -0.469 e. The number of rotatable bonds is 14. The van der Waals surface area contributed by atoms with Crippen LogP contribution in [0.2, 0.25) is 0 Å². The van der Waals surface area contributed by atoms with Gasteiger partial charge in [-0.25, -0.2) is 50.3 Å². The number of alkyl carbamates (subject to hydrolysis) is 1. The van der Waals surface area contributed by atoms with Crippen LogP contribution in [0.4, 0.5) is 40.7 Å². The molecule has 0 spiro atoms. The second-order valence-electron chi connectivity index (χ2n) is 16.6. The average Bonchev–Trinajstić information content (AvgIpc) is 4.16. The van der Waals surface area contributed by atoms with Gasteiger partial charge in [0.1, 0.15) is 30.1 Å². The number of hydrogen-bond acceptors (Lipinski definition) is 14. The molecule has 4 rings (SSSR count). The Balaban J connectivity index is 0.000000351. The Morgan fingerprint density at radius 2 is 1.15 bits per heavy atom. The lowest BCUT2D eigenvalue weighted by atomic mass is 9.99. The molecule has 0 radical (unpaired) electrons. The number of amides is 3. The van der Waals surface area contributed by atoms with E-state index in [0.29, 0.717) is 10.5 Å². The largest absolute Gasteiger partial charge is 0.469 e. The summed E-state index contributed by atoms with van der Waals surface area (Å²) in [5.74, 6) is -6.30. The van der Waals surface area contributed by atoms with Gasteiger partial charge in [-0.15, -0.1) is 0 Å². The molecule has 2 saturated carbocycles. The number of allylic oxidation sites excluding steroid dienone is 1.